The van der Waals surface area contributed by atoms with Gasteiger partial charge in [-0.25, -0.2) is 9.07 Å². The van der Waals surface area contributed by atoms with Gasteiger partial charge in [0.1, 0.15) is 5.82 Å². The summed E-state index contributed by atoms with van der Waals surface area (Å²) in [6.07, 6.45) is 8.54. The van der Waals surface area contributed by atoms with Gasteiger partial charge in [-0.3, -0.25) is 4.99 Å². The highest BCUT2D eigenvalue weighted by molar-refractivity contribution is 7.99. The summed E-state index contributed by atoms with van der Waals surface area (Å²) in [5.74, 6) is 0.650. The van der Waals surface area contributed by atoms with Crippen molar-refractivity contribution in [3.8, 4) is 5.69 Å². The van der Waals surface area contributed by atoms with Crippen LogP contribution in [-0.2, 0) is 6.42 Å². The summed E-state index contributed by atoms with van der Waals surface area (Å²) in [4.78, 5) is 4.71. The average Bonchev–Trinajstić information content (AvgIpc) is 3.32. The Kier molecular flexibility index (Phi) is 7.15. The van der Waals surface area contributed by atoms with Gasteiger partial charge < -0.3 is 10.6 Å². The molecule has 2 N–H and O–H groups in total. The molecule has 0 spiro atoms. The average molecular weight is 390 g/mol. The predicted octanol–water partition coefficient (Wildman–Crippen LogP) is 3.39. The maximum atomic E-state index is 13.0. The smallest absolute Gasteiger partial charge is 0.191 e. The number of benzene rings is 1. The first-order valence-electron chi connectivity index (χ1n) is 9.56. The molecule has 1 aliphatic carbocycles. The van der Waals surface area contributed by atoms with Gasteiger partial charge in [0.15, 0.2) is 5.96 Å². The molecule has 2 unspecified atom stereocenters. The van der Waals surface area contributed by atoms with E-state index in [9.17, 15) is 4.39 Å². The summed E-state index contributed by atoms with van der Waals surface area (Å²) in [5, 5.41) is 12.2. The van der Waals surface area contributed by atoms with E-state index in [2.05, 4.69) is 28.9 Å². The first kappa shape index (κ1) is 19.7. The molecule has 146 valence electrons. The molecule has 1 aromatic heterocycles. The summed E-state index contributed by atoms with van der Waals surface area (Å²) in [7, 11) is 0. The second-order valence-electron chi connectivity index (χ2n) is 6.75. The number of nitrogens with zero attached hydrogens (tertiary/aromatic N) is 3. The van der Waals surface area contributed by atoms with E-state index in [1.807, 2.05) is 24.0 Å². The zero-order valence-corrected chi connectivity index (χ0v) is 16.8. The fraction of sp³-hybridized carbons (Fsp3) is 0.500. The maximum absolute atomic E-state index is 13.0. The van der Waals surface area contributed by atoms with Crippen molar-refractivity contribution in [3.63, 3.8) is 0 Å². The molecule has 3 rings (SSSR count). The fourth-order valence-electron chi connectivity index (χ4n) is 3.31. The lowest BCUT2D eigenvalue weighted by atomic mass is 10.2. The van der Waals surface area contributed by atoms with Crippen molar-refractivity contribution in [2.24, 2.45) is 4.99 Å². The van der Waals surface area contributed by atoms with E-state index >= 15 is 0 Å². The molecule has 0 aliphatic heterocycles. The van der Waals surface area contributed by atoms with Crippen LogP contribution < -0.4 is 10.6 Å². The number of halogens is 1. The van der Waals surface area contributed by atoms with E-state index in [1.165, 1.54) is 31.4 Å². The molecule has 7 heteroatoms. The van der Waals surface area contributed by atoms with Crippen LogP contribution >= 0.6 is 11.8 Å². The maximum Gasteiger partial charge on any atom is 0.191 e. The highest BCUT2D eigenvalue weighted by atomic mass is 32.2. The van der Waals surface area contributed by atoms with Gasteiger partial charge in [0.05, 0.1) is 11.4 Å². The Bertz CT molecular complexity index is 743. The van der Waals surface area contributed by atoms with Crippen molar-refractivity contribution < 1.29 is 4.39 Å². The lowest BCUT2D eigenvalue weighted by Crippen LogP contribution is -2.42. The molecule has 27 heavy (non-hydrogen) atoms. The molecule has 0 amide bonds. The van der Waals surface area contributed by atoms with E-state index in [0.29, 0.717) is 12.6 Å². The minimum absolute atomic E-state index is 0.241. The molecule has 0 bridgehead atoms. The van der Waals surface area contributed by atoms with Crippen LogP contribution in [0.2, 0.25) is 0 Å². The largest absolute Gasteiger partial charge is 0.357 e. The van der Waals surface area contributed by atoms with Crippen LogP contribution in [0.1, 0.15) is 31.9 Å². The molecule has 1 saturated carbocycles. The number of hydrogen-bond acceptors (Lipinski definition) is 3. The summed E-state index contributed by atoms with van der Waals surface area (Å²) >= 11 is 1.96. The summed E-state index contributed by atoms with van der Waals surface area (Å²) < 4.78 is 14.8. The minimum Gasteiger partial charge on any atom is -0.357 e. The normalized spacial score (nSPS) is 20.0. The molecule has 0 radical (unpaired) electrons. The third-order valence-electron chi connectivity index (χ3n) is 4.78. The molecular formula is C20H28FN5S. The number of rotatable bonds is 7. The van der Waals surface area contributed by atoms with Crippen LogP contribution in [0, 0.1) is 5.82 Å². The summed E-state index contributed by atoms with van der Waals surface area (Å²) in [6, 6.07) is 8.83. The Morgan fingerprint density at radius 1 is 1.30 bits per heavy atom. The van der Waals surface area contributed by atoms with Crippen molar-refractivity contribution in [2.45, 2.75) is 43.9 Å². The first-order valence-corrected chi connectivity index (χ1v) is 10.8. The molecule has 5 nitrogen and oxygen atoms in total. The third-order valence-corrected chi connectivity index (χ3v) is 5.87. The summed E-state index contributed by atoms with van der Waals surface area (Å²) in [6.45, 7) is 3.61. The number of thioether (sulfide) groups is 1. The molecule has 1 fully saturated rings. The van der Waals surface area contributed by atoms with Gasteiger partial charge in [-0.2, -0.15) is 16.9 Å². The first-order chi connectivity index (χ1) is 13.2. The Balaban J connectivity index is 1.53. The van der Waals surface area contributed by atoms with Gasteiger partial charge >= 0.3 is 0 Å². The Morgan fingerprint density at radius 2 is 2.11 bits per heavy atom. The topological polar surface area (TPSA) is 54.2 Å². The van der Waals surface area contributed by atoms with E-state index in [1.54, 1.807) is 16.8 Å². The SMILES string of the molecule is CCNC(=NCCc1ccn(-c2ccc(F)cc2)n1)NC1CCC(SC)C1. The minimum atomic E-state index is -0.241. The van der Waals surface area contributed by atoms with Gasteiger partial charge in [0.25, 0.3) is 0 Å². The van der Waals surface area contributed by atoms with Crippen LogP contribution in [0.5, 0.6) is 0 Å². The fourth-order valence-corrected chi connectivity index (χ4v) is 4.11. The van der Waals surface area contributed by atoms with Gasteiger partial charge in [-0.1, -0.05) is 0 Å². The molecule has 1 aliphatic rings. The van der Waals surface area contributed by atoms with Crippen LogP contribution in [0.3, 0.4) is 0 Å². The van der Waals surface area contributed by atoms with E-state index < -0.39 is 0 Å². The molecular weight excluding hydrogens is 361 g/mol. The highest BCUT2D eigenvalue weighted by Gasteiger charge is 2.24. The van der Waals surface area contributed by atoms with Crippen molar-refractivity contribution >= 4 is 17.7 Å². The van der Waals surface area contributed by atoms with Crippen LogP contribution in [0.25, 0.3) is 5.69 Å². The van der Waals surface area contributed by atoms with Crippen LogP contribution in [-0.4, -0.2) is 46.4 Å². The van der Waals surface area contributed by atoms with Crippen molar-refractivity contribution in [1.29, 1.82) is 0 Å². The molecule has 0 saturated heterocycles. The number of aliphatic imine (C=N–C) groups is 1. The predicted molar refractivity (Wildman–Crippen MR) is 111 cm³/mol. The third kappa shape index (κ3) is 5.73. The number of guanidine groups is 1. The second-order valence-corrected chi connectivity index (χ2v) is 7.89. The van der Waals surface area contributed by atoms with Gasteiger partial charge in [-0.15, -0.1) is 0 Å². The molecule has 1 aromatic carbocycles. The zero-order valence-electron chi connectivity index (χ0n) is 16.0. The second kappa shape index (κ2) is 9.78. The van der Waals surface area contributed by atoms with Crippen molar-refractivity contribution in [3.05, 3.63) is 48.0 Å². The standard InChI is InChI=1S/C20H28FN5S/c1-3-22-20(24-17-6-9-19(14-17)27-2)23-12-10-16-11-13-26(25-16)18-7-4-15(21)5-8-18/h4-5,7-8,11,13,17,19H,3,6,9-10,12,14H2,1-2H3,(H2,22,23,24). The zero-order chi connectivity index (χ0) is 19.1. The Hall–Kier alpha value is -2.02. The van der Waals surface area contributed by atoms with E-state index in [4.69, 9.17) is 4.99 Å². The number of aromatic nitrogens is 2. The monoisotopic (exact) mass is 389 g/mol. The van der Waals surface area contributed by atoms with Crippen molar-refractivity contribution in [1.82, 2.24) is 20.4 Å². The van der Waals surface area contributed by atoms with Crippen molar-refractivity contribution in [2.75, 3.05) is 19.3 Å². The Morgan fingerprint density at radius 3 is 2.81 bits per heavy atom. The number of nitrogens with one attached hydrogen (secondary N) is 2. The van der Waals surface area contributed by atoms with Gasteiger partial charge in [0, 0.05) is 37.0 Å². The Labute approximate surface area is 164 Å². The quantitative estimate of drug-likeness (QED) is 0.563. The lowest BCUT2D eigenvalue weighted by Gasteiger charge is -2.17. The van der Waals surface area contributed by atoms with Gasteiger partial charge in [0.2, 0.25) is 0 Å². The van der Waals surface area contributed by atoms with Crippen LogP contribution in [0.4, 0.5) is 4.39 Å². The molecule has 2 atom stereocenters. The summed E-state index contributed by atoms with van der Waals surface area (Å²) in [5.41, 5.74) is 1.83. The molecule has 2 aromatic rings. The van der Waals surface area contributed by atoms with Gasteiger partial charge in [-0.05, 0) is 62.8 Å². The lowest BCUT2D eigenvalue weighted by molar-refractivity contribution is 0.615. The highest BCUT2D eigenvalue weighted by Crippen LogP contribution is 2.28. The van der Waals surface area contributed by atoms with Crippen LogP contribution in [0.15, 0.2) is 41.5 Å². The van der Waals surface area contributed by atoms with E-state index in [-0.39, 0.29) is 5.82 Å². The van der Waals surface area contributed by atoms with E-state index in [0.717, 1.165) is 35.6 Å². The number of hydrogen-bond donors (Lipinski definition) is 2. The molecule has 1 heterocycles.